The van der Waals surface area contributed by atoms with Crippen molar-refractivity contribution >= 4 is 11.6 Å². The number of aromatic amines is 1. The summed E-state index contributed by atoms with van der Waals surface area (Å²) in [5.41, 5.74) is 0.981. The summed E-state index contributed by atoms with van der Waals surface area (Å²) in [6, 6.07) is 0. The fourth-order valence-electron chi connectivity index (χ4n) is 1.53. The Morgan fingerprint density at radius 2 is 2.29 bits per heavy atom. The van der Waals surface area contributed by atoms with E-state index in [1.165, 1.54) is 0 Å². The molecule has 0 aromatic carbocycles. The molecule has 0 aliphatic carbocycles. The quantitative estimate of drug-likeness (QED) is 0.765. The average molecular weight is 216 g/mol. The maximum Gasteiger partial charge on any atom is 0.120 e. The summed E-state index contributed by atoms with van der Waals surface area (Å²) in [4.78, 5) is 9.76. The molecule has 4 nitrogen and oxygen atoms in total. The van der Waals surface area contributed by atoms with Gasteiger partial charge in [-0.1, -0.05) is 0 Å². The van der Waals surface area contributed by atoms with Crippen LogP contribution in [0.25, 0.3) is 0 Å². The smallest absolute Gasteiger partial charge is 0.120 e. The van der Waals surface area contributed by atoms with E-state index in [0.29, 0.717) is 5.88 Å². The first-order valence-electron chi connectivity index (χ1n) is 4.77. The largest absolute Gasteiger partial charge is 0.379 e. The summed E-state index contributed by atoms with van der Waals surface area (Å²) in [7, 11) is 0. The average Bonchev–Trinajstić information content (AvgIpc) is 2.67. The van der Waals surface area contributed by atoms with Gasteiger partial charge in [-0.25, -0.2) is 4.98 Å². The van der Waals surface area contributed by atoms with Crippen LogP contribution in [-0.4, -0.2) is 41.2 Å². The second-order valence-electron chi connectivity index (χ2n) is 3.38. The normalized spacial score (nSPS) is 18.6. The summed E-state index contributed by atoms with van der Waals surface area (Å²) < 4.78 is 5.27. The fourth-order valence-corrected chi connectivity index (χ4v) is 1.66. The van der Waals surface area contributed by atoms with Crippen LogP contribution in [0.1, 0.15) is 11.5 Å². The van der Waals surface area contributed by atoms with Crippen LogP contribution in [0.2, 0.25) is 0 Å². The number of morpholine rings is 1. The summed E-state index contributed by atoms with van der Waals surface area (Å²) in [5.74, 6) is 1.48. The summed E-state index contributed by atoms with van der Waals surface area (Å²) in [5, 5.41) is 0. The highest BCUT2D eigenvalue weighted by atomic mass is 35.5. The first kappa shape index (κ1) is 9.96. The van der Waals surface area contributed by atoms with E-state index in [0.717, 1.165) is 44.4 Å². The van der Waals surface area contributed by atoms with Crippen molar-refractivity contribution in [2.24, 2.45) is 0 Å². The number of imidazole rings is 1. The second-order valence-corrected chi connectivity index (χ2v) is 3.64. The molecule has 1 aliphatic heterocycles. The standard InChI is InChI=1S/C9H14ClN3O/c10-5-8-6-11-9(12-8)7-13-1-3-14-4-2-13/h6H,1-5,7H2,(H,11,12). The van der Waals surface area contributed by atoms with Crippen molar-refractivity contribution in [2.75, 3.05) is 26.3 Å². The molecule has 0 unspecified atom stereocenters. The molecule has 1 aromatic heterocycles. The van der Waals surface area contributed by atoms with Gasteiger partial charge in [0.25, 0.3) is 0 Å². The molecule has 0 saturated carbocycles. The Balaban J connectivity index is 1.89. The van der Waals surface area contributed by atoms with E-state index < -0.39 is 0 Å². The number of H-pyrrole nitrogens is 1. The van der Waals surface area contributed by atoms with Crippen LogP contribution in [-0.2, 0) is 17.2 Å². The van der Waals surface area contributed by atoms with Crippen molar-refractivity contribution in [1.82, 2.24) is 14.9 Å². The Bertz CT molecular complexity index is 283. The molecule has 5 heteroatoms. The van der Waals surface area contributed by atoms with Gasteiger partial charge in [-0.3, -0.25) is 4.90 Å². The topological polar surface area (TPSA) is 41.2 Å². The van der Waals surface area contributed by atoms with Gasteiger partial charge in [0.2, 0.25) is 0 Å². The molecule has 1 aliphatic rings. The molecule has 1 N–H and O–H groups in total. The number of rotatable bonds is 3. The molecule has 0 amide bonds. The lowest BCUT2D eigenvalue weighted by molar-refractivity contribution is 0.0331. The molecule has 0 spiro atoms. The Labute approximate surface area is 88.2 Å². The van der Waals surface area contributed by atoms with Crippen LogP contribution in [0, 0.1) is 0 Å². The number of hydrogen-bond acceptors (Lipinski definition) is 3. The molecule has 2 rings (SSSR count). The molecule has 1 saturated heterocycles. The number of nitrogens with one attached hydrogen (secondary N) is 1. The van der Waals surface area contributed by atoms with Crippen LogP contribution in [0.5, 0.6) is 0 Å². The Kier molecular flexibility index (Phi) is 3.39. The van der Waals surface area contributed by atoms with E-state index in [1.807, 2.05) is 0 Å². The van der Waals surface area contributed by atoms with Crippen molar-refractivity contribution in [3.05, 3.63) is 17.7 Å². The van der Waals surface area contributed by atoms with Gasteiger partial charge in [0.15, 0.2) is 0 Å². The van der Waals surface area contributed by atoms with Crippen molar-refractivity contribution < 1.29 is 4.74 Å². The van der Waals surface area contributed by atoms with Crippen LogP contribution < -0.4 is 0 Å². The molecular formula is C9H14ClN3O. The van der Waals surface area contributed by atoms with Gasteiger partial charge in [-0.15, -0.1) is 11.6 Å². The monoisotopic (exact) mass is 215 g/mol. The van der Waals surface area contributed by atoms with E-state index >= 15 is 0 Å². The Morgan fingerprint density at radius 1 is 1.50 bits per heavy atom. The number of ether oxygens (including phenoxy) is 1. The van der Waals surface area contributed by atoms with Crippen LogP contribution in [0.3, 0.4) is 0 Å². The summed E-state index contributed by atoms with van der Waals surface area (Å²) in [6.45, 7) is 4.47. The SMILES string of the molecule is ClCc1cnc(CN2CCOCC2)[nH]1. The van der Waals surface area contributed by atoms with Gasteiger partial charge in [0.1, 0.15) is 5.82 Å². The number of nitrogens with zero attached hydrogens (tertiary/aromatic N) is 2. The van der Waals surface area contributed by atoms with E-state index in [2.05, 4.69) is 14.9 Å². The number of halogens is 1. The van der Waals surface area contributed by atoms with Crippen molar-refractivity contribution in [3.63, 3.8) is 0 Å². The van der Waals surface area contributed by atoms with Crippen LogP contribution >= 0.6 is 11.6 Å². The van der Waals surface area contributed by atoms with E-state index in [1.54, 1.807) is 6.20 Å². The van der Waals surface area contributed by atoms with Gasteiger partial charge in [0.05, 0.1) is 25.6 Å². The zero-order chi connectivity index (χ0) is 9.80. The van der Waals surface area contributed by atoms with Gasteiger partial charge < -0.3 is 9.72 Å². The first-order valence-corrected chi connectivity index (χ1v) is 5.31. The molecule has 2 heterocycles. The number of alkyl halides is 1. The predicted molar refractivity (Wildman–Crippen MR) is 54.2 cm³/mol. The molecule has 1 aromatic rings. The minimum atomic E-state index is 0.496. The van der Waals surface area contributed by atoms with Crippen molar-refractivity contribution in [3.8, 4) is 0 Å². The van der Waals surface area contributed by atoms with Gasteiger partial charge in [-0.2, -0.15) is 0 Å². The molecule has 0 bridgehead atoms. The van der Waals surface area contributed by atoms with Gasteiger partial charge >= 0.3 is 0 Å². The number of aromatic nitrogens is 2. The highest BCUT2D eigenvalue weighted by Gasteiger charge is 2.11. The van der Waals surface area contributed by atoms with E-state index in [-0.39, 0.29) is 0 Å². The van der Waals surface area contributed by atoms with Crippen LogP contribution in [0.4, 0.5) is 0 Å². The fraction of sp³-hybridized carbons (Fsp3) is 0.667. The number of hydrogen-bond donors (Lipinski definition) is 1. The highest BCUT2D eigenvalue weighted by molar-refractivity contribution is 6.16. The summed E-state index contributed by atoms with van der Waals surface area (Å²) >= 11 is 5.68. The molecular weight excluding hydrogens is 202 g/mol. The molecule has 78 valence electrons. The molecule has 1 fully saturated rings. The summed E-state index contributed by atoms with van der Waals surface area (Å²) in [6.07, 6.45) is 1.79. The zero-order valence-electron chi connectivity index (χ0n) is 8.00. The van der Waals surface area contributed by atoms with Crippen molar-refractivity contribution in [2.45, 2.75) is 12.4 Å². The minimum absolute atomic E-state index is 0.496. The van der Waals surface area contributed by atoms with Crippen molar-refractivity contribution in [1.29, 1.82) is 0 Å². The Morgan fingerprint density at radius 3 is 2.93 bits per heavy atom. The first-order chi connectivity index (χ1) is 6.88. The van der Waals surface area contributed by atoms with Gasteiger partial charge in [0, 0.05) is 25.0 Å². The Hall–Kier alpha value is -0.580. The highest BCUT2D eigenvalue weighted by Crippen LogP contribution is 2.05. The lowest BCUT2D eigenvalue weighted by Gasteiger charge is -2.25. The van der Waals surface area contributed by atoms with E-state index in [4.69, 9.17) is 16.3 Å². The maximum atomic E-state index is 5.68. The third-order valence-electron chi connectivity index (χ3n) is 2.30. The third-order valence-corrected chi connectivity index (χ3v) is 2.59. The van der Waals surface area contributed by atoms with Crippen LogP contribution in [0.15, 0.2) is 6.20 Å². The minimum Gasteiger partial charge on any atom is -0.379 e. The zero-order valence-corrected chi connectivity index (χ0v) is 8.76. The lowest BCUT2D eigenvalue weighted by atomic mass is 10.4. The van der Waals surface area contributed by atoms with Gasteiger partial charge in [-0.05, 0) is 0 Å². The lowest BCUT2D eigenvalue weighted by Crippen LogP contribution is -2.35. The molecule has 0 atom stereocenters. The van der Waals surface area contributed by atoms with E-state index in [9.17, 15) is 0 Å². The molecule has 14 heavy (non-hydrogen) atoms. The third kappa shape index (κ3) is 2.47. The second kappa shape index (κ2) is 4.77. The maximum absolute atomic E-state index is 5.68. The molecule has 0 radical (unpaired) electrons. The predicted octanol–water partition coefficient (Wildman–Crippen LogP) is 0.981.